The fraction of sp³-hybridized carbons (Fsp3) is 0.222. The maximum Gasteiger partial charge on any atom is 0.223 e. The van der Waals surface area contributed by atoms with Crippen molar-refractivity contribution in [1.29, 1.82) is 0 Å². The van der Waals surface area contributed by atoms with Crippen LogP contribution in [-0.4, -0.2) is 44.0 Å². The van der Waals surface area contributed by atoms with E-state index in [1.807, 2.05) is 49.3 Å². The SMILES string of the molecule is CN(C)c1ccc(-c2ccc3c(n2)Oc2c(F)cccc2[C@@H]3C(C)(C)c2nc3nccnc3[nH]2)cn1. The zero-order chi connectivity index (χ0) is 25.0. The Morgan fingerprint density at radius 1 is 0.944 bits per heavy atom. The number of H-pyrrole nitrogens is 1. The van der Waals surface area contributed by atoms with E-state index in [9.17, 15) is 0 Å². The van der Waals surface area contributed by atoms with Gasteiger partial charge in [0, 0.05) is 60.7 Å². The molecule has 0 radical (unpaired) electrons. The van der Waals surface area contributed by atoms with Crippen LogP contribution in [0.2, 0.25) is 0 Å². The van der Waals surface area contributed by atoms with Crippen molar-refractivity contribution in [3.05, 3.63) is 83.8 Å². The molecule has 8 nitrogen and oxygen atoms in total. The highest BCUT2D eigenvalue weighted by molar-refractivity contribution is 5.66. The Morgan fingerprint density at radius 3 is 2.53 bits per heavy atom. The summed E-state index contributed by atoms with van der Waals surface area (Å²) >= 11 is 0. The summed E-state index contributed by atoms with van der Waals surface area (Å²) in [6, 6.07) is 12.8. The molecule has 1 aliphatic heterocycles. The average Bonchev–Trinajstić information content (AvgIpc) is 3.33. The Kier molecular flexibility index (Phi) is 4.96. The van der Waals surface area contributed by atoms with Gasteiger partial charge in [-0.25, -0.2) is 29.3 Å². The molecule has 0 fully saturated rings. The largest absolute Gasteiger partial charge is 0.435 e. The van der Waals surface area contributed by atoms with Crippen LogP contribution >= 0.6 is 0 Å². The van der Waals surface area contributed by atoms with Crippen molar-refractivity contribution < 1.29 is 9.13 Å². The van der Waals surface area contributed by atoms with E-state index >= 15 is 4.39 Å². The van der Waals surface area contributed by atoms with Gasteiger partial charge in [-0.3, -0.25) is 0 Å². The first-order valence-electron chi connectivity index (χ1n) is 11.6. The molecule has 0 amide bonds. The summed E-state index contributed by atoms with van der Waals surface area (Å²) in [7, 11) is 3.88. The van der Waals surface area contributed by atoms with E-state index < -0.39 is 11.2 Å². The molecular formula is C27H24FN7O. The van der Waals surface area contributed by atoms with Gasteiger partial charge < -0.3 is 14.6 Å². The van der Waals surface area contributed by atoms with Gasteiger partial charge in [0.05, 0.1) is 5.69 Å². The third-order valence-corrected chi connectivity index (χ3v) is 6.68. The third-order valence-electron chi connectivity index (χ3n) is 6.68. The van der Waals surface area contributed by atoms with E-state index in [0.717, 1.165) is 22.5 Å². The number of imidazole rings is 1. The van der Waals surface area contributed by atoms with Gasteiger partial charge in [-0.05, 0) is 24.3 Å². The molecule has 36 heavy (non-hydrogen) atoms. The Hall–Kier alpha value is -4.40. The zero-order valence-electron chi connectivity index (χ0n) is 20.3. The van der Waals surface area contributed by atoms with Gasteiger partial charge in [-0.15, -0.1) is 0 Å². The highest BCUT2D eigenvalue weighted by Gasteiger charge is 2.43. The number of pyridine rings is 2. The normalized spacial score (nSPS) is 14.8. The van der Waals surface area contributed by atoms with E-state index in [1.165, 1.54) is 6.07 Å². The fourth-order valence-corrected chi connectivity index (χ4v) is 4.81. The van der Waals surface area contributed by atoms with Crippen LogP contribution in [0.4, 0.5) is 10.2 Å². The summed E-state index contributed by atoms with van der Waals surface area (Å²) in [5, 5.41) is 0. The van der Waals surface area contributed by atoms with Gasteiger partial charge in [0.25, 0.3) is 0 Å². The van der Waals surface area contributed by atoms with E-state index in [1.54, 1.807) is 24.7 Å². The van der Waals surface area contributed by atoms with Gasteiger partial charge in [-0.1, -0.05) is 32.0 Å². The molecule has 0 spiro atoms. The van der Waals surface area contributed by atoms with Crippen molar-refractivity contribution in [1.82, 2.24) is 29.9 Å². The van der Waals surface area contributed by atoms with Crippen LogP contribution in [0, 0.1) is 5.82 Å². The second-order valence-corrected chi connectivity index (χ2v) is 9.62. The summed E-state index contributed by atoms with van der Waals surface area (Å²) < 4.78 is 21.1. The standard InChI is InChI=1S/C27H24FN7O/c1-27(2,26-33-23-24(34-26)30-13-12-29-23)21-16-6-5-7-18(28)22(16)36-25-17(21)9-10-19(32-25)15-8-11-20(31-14-15)35(3)4/h5-14,21H,1-4H3,(H,29,30,33,34)/t21-/m0/s1. The average molecular weight is 482 g/mol. The molecule has 180 valence electrons. The third kappa shape index (κ3) is 3.46. The number of ether oxygens (including phenoxy) is 1. The summed E-state index contributed by atoms with van der Waals surface area (Å²) in [6.07, 6.45) is 5.01. The van der Waals surface area contributed by atoms with Gasteiger partial charge in [0.2, 0.25) is 5.88 Å². The van der Waals surface area contributed by atoms with E-state index in [-0.39, 0.29) is 11.7 Å². The zero-order valence-corrected chi connectivity index (χ0v) is 20.3. The molecule has 1 aliphatic rings. The summed E-state index contributed by atoms with van der Waals surface area (Å²) in [4.78, 5) is 27.9. The van der Waals surface area contributed by atoms with E-state index in [4.69, 9.17) is 14.7 Å². The lowest BCUT2D eigenvalue weighted by molar-refractivity contribution is 0.353. The first-order valence-corrected chi connectivity index (χ1v) is 11.6. The molecule has 5 heterocycles. The van der Waals surface area contributed by atoms with Crippen LogP contribution in [0.25, 0.3) is 22.6 Å². The molecule has 0 saturated carbocycles. The van der Waals surface area contributed by atoms with Crippen molar-refractivity contribution in [3.8, 4) is 22.9 Å². The maximum absolute atomic E-state index is 15.0. The number of anilines is 1. The molecule has 0 saturated heterocycles. The number of rotatable bonds is 4. The second-order valence-electron chi connectivity index (χ2n) is 9.62. The van der Waals surface area contributed by atoms with Crippen molar-refractivity contribution in [2.24, 2.45) is 0 Å². The predicted molar refractivity (Wildman–Crippen MR) is 135 cm³/mol. The first kappa shape index (κ1) is 22.1. The van der Waals surface area contributed by atoms with Gasteiger partial charge >= 0.3 is 0 Å². The maximum atomic E-state index is 15.0. The number of benzene rings is 1. The minimum atomic E-state index is -0.596. The highest BCUT2D eigenvalue weighted by Crippen LogP contribution is 2.52. The Balaban J connectivity index is 1.49. The number of nitrogens with one attached hydrogen (secondary N) is 1. The van der Waals surface area contributed by atoms with Crippen LogP contribution in [0.1, 0.15) is 36.7 Å². The first-order chi connectivity index (χ1) is 17.3. The number of aromatic nitrogens is 6. The van der Waals surface area contributed by atoms with Gasteiger partial charge in [0.1, 0.15) is 11.6 Å². The van der Waals surface area contributed by atoms with Crippen LogP contribution < -0.4 is 9.64 Å². The lowest BCUT2D eigenvalue weighted by Gasteiger charge is -2.37. The monoisotopic (exact) mass is 481 g/mol. The molecule has 0 aliphatic carbocycles. The Morgan fingerprint density at radius 2 is 1.78 bits per heavy atom. The fourth-order valence-electron chi connectivity index (χ4n) is 4.81. The molecule has 4 aromatic heterocycles. The Labute approximate surface area is 207 Å². The predicted octanol–water partition coefficient (Wildman–Crippen LogP) is 5.23. The lowest BCUT2D eigenvalue weighted by atomic mass is 9.69. The number of hydrogen-bond donors (Lipinski definition) is 1. The van der Waals surface area contributed by atoms with E-state index in [2.05, 4.69) is 33.8 Å². The van der Waals surface area contributed by atoms with Crippen LogP contribution in [0.5, 0.6) is 11.6 Å². The van der Waals surface area contributed by atoms with Crippen molar-refractivity contribution in [2.75, 3.05) is 19.0 Å². The summed E-state index contributed by atoms with van der Waals surface area (Å²) in [6.45, 7) is 4.13. The smallest absolute Gasteiger partial charge is 0.223 e. The molecule has 1 atom stereocenters. The molecule has 9 heteroatoms. The molecule has 1 aromatic carbocycles. The quantitative estimate of drug-likeness (QED) is 0.376. The van der Waals surface area contributed by atoms with Crippen molar-refractivity contribution in [3.63, 3.8) is 0 Å². The molecule has 6 rings (SSSR count). The molecule has 0 bridgehead atoms. The van der Waals surface area contributed by atoms with Crippen molar-refractivity contribution >= 4 is 17.1 Å². The number of halogens is 1. The number of nitrogens with zero attached hydrogens (tertiary/aromatic N) is 6. The van der Waals surface area contributed by atoms with E-state index in [0.29, 0.717) is 28.7 Å². The molecule has 5 aromatic rings. The number of hydrogen-bond acceptors (Lipinski definition) is 7. The molecule has 1 N–H and O–H groups in total. The van der Waals surface area contributed by atoms with Crippen LogP contribution in [-0.2, 0) is 5.41 Å². The number of fused-ring (bicyclic) bond motifs is 3. The number of aromatic amines is 1. The van der Waals surface area contributed by atoms with Crippen LogP contribution in [0.15, 0.2) is 61.1 Å². The highest BCUT2D eigenvalue weighted by atomic mass is 19.1. The van der Waals surface area contributed by atoms with Crippen molar-refractivity contribution in [2.45, 2.75) is 25.2 Å². The second kappa shape index (κ2) is 8.08. The minimum Gasteiger partial charge on any atom is -0.435 e. The lowest BCUT2D eigenvalue weighted by Crippen LogP contribution is -2.32. The Bertz CT molecular complexity index is 1560. The van der Waals surface area contributed by atoms with Gasteiger partial charge in [0.15, 0.2) is 22.9 Å². The number of para-hydroxylation sites is 1. The molecular weight excluding hydrogens is 457 g/mol. The van der Waals surface area contributed by atoms with Crippen LogP contribution in [0.3, 0.4) is 0 Å². The summed E-state index contributed by atoms with van der Waals surface area (Å²) in [5.41, 5.74) is 3.67. The minimum absolute atomic E-state index is 0.182. The molecule has 0 unspecified atom stereocenters. The summed E-state index contributed by atoms with van der Waals surface area (Å²) in [5.74, 6) is 1.37. The van der Waals surface area contributed by atoms with Gasteiger partial charge in [-0.2, -0.15) is 0 Å². The topological polar surface area (TPSA) is 92.7 Å².